The summed E-state index contributed by atoms with van der Waals surface area (Å²) in [4.78, 5) is 8.79. The zero-order valence-electron chi connectivity index (χ0n) is 10.2. The Morgan fingerprint density at radius 1 is 1.17 bits per heavy atom. The maximum atomic E-state index is 5.34. The van der Waals surface area contributed by atoms with Crippen LogP contribution in [0.15, 0.2) is 41.1 Å². The lowest BCUT2D eigenvalue weighted by Gasteiger charge is -2.18. The summed E-state index contributed by atoms with van der Waals surface area (Å²) < 4.78 is 6.29. The average Bonchev–Trinajstić information content (AvgIpc) is 2.42. The predicted molar refractivity (Wildman–Crippen MR) is 73.6 cm³/mol. The molecule has 0 saturated heterocycles. The second kappa shape index (κ2) is 5.93. The highest BCUT2D eigenvalue weighted by molar-refractivity contribution is 9.10. The summed E-state index contributed by atoms with van der Waals surface area (Å²) in [7, 11) is 3.51. The maximum absolute atomic E-state index is 5.34. The summed E-state index contributed by atoms with van der Waals surface area (Å²) in [5.74, 6) is 0.745. The predicted octanol–water partition coefficient (Wildman–Crippen LogP) is 2.56. The number of hydrogen-bond acceptors (Lipinski definition) is 4. The van der Waals surface area contributed by atoms with E-state index in [9.17, 15) is 0 Å². The smallest absolute Gasteiger partial charge is 0.142 e. The molecule has 0 radical (unpaired) electrons. The lowest BCUT2D eigenvalue weighted by molar-refractivity contribution is 0.401. The Hall–Kier alpha value is -1.46. The third-order valence-electron chi connectivity index (χ3n) is 2.64. The topological polar surface area (TPSA) is 47.0 Å². The number of pyridine rings is 2. The Balaban J connectivity index is 2.49. The van der Waals surface area contributed by atoms with E-state index in [1.54, 1.807) is 19.5 Å². The molecule has 0 saturated carbocycles. The molecule has 2 aromatic rings. The molecule has 0 amide bonds. The van der Waals surface area contributed by atoms with Crippen molar-refractivity contribution in [3.8, 4) is 5.75 Å². The van der Waals surface area contributed by atoms with Crippen molar-refractivity contribution in [3.63, 3.8) is 0 Å². The van der Waals surface area contributed by atoms with Crippen LogP contribution in [-0.2, 0) is 0 Å². The van der Waals surface area contributed by atoms with Gasteiger partial charge in [-0.2, -0.15) is 0 Å². The van der Waals surface area contributed by atoms with E-state index in [4.69, 9.17) is 4.74 Å². The lowest BCUT2D eigenvalue weighted by Crippen LogP contribution is -2.21. The first-order chi connectivity index (χ1) is 8.77. The van der Waals surface area contributed by atoms with Gasteiger partial charge >= 0.3 is 0 Å². The van der Waals surface area contributed by atoms with Crippen LogP contribution in [0.4, 0.5) is 0 Å². The van der Waals surface area contributed by atoms with Crippen LogP contribution in [0.3, 0.4) is 0 Å². The molecule has 5 heteroatoms. The first-order valence-electron chi connectivity index (χ1n) is 5.54. The molecular formula is C13H14BrN3O. The SMILES string of the molecule is CNC(c1ncccc1Br)c1ncccc1OC. The number of halogens is 1. The molecule has 1 unspecified atom stereocenters. The van der Waals surface area contributed by atoms with Crippen molar-refractivity contribution in [2.24, 2.45) is 0 Å². The number of nitrogens with one attached hydrogen (secondary N) is 1. The van der Waals surface area contributed by atoms with Gasteiger partial charge < -0.3 is 10.1 Å². The molecule has 4 nitrogen and oxygen atoms in total. The number of rotatable bonds is 4. The third-order valence-corrected chi connectivity index (χ3v) is 3.31. The molecule has 0 bridgehead atoms. The maximum Gasteiger partial charge on any atom is 0.142 e. The number of hydrogen-bond donors (Lipinski definition) is 1. The molecule has 18 heavy (non-hydrogen) atoms. The van der Waals surface area contributed by atoms with Crippen LogP contribution in [-0.4, -0.2) is 24.1 Å². The van der Waals surface area contributed by atoms with Crippen molar-refractivity contribution in [2.75, 3.05) is 14.2 Å². The van der Waals surface area contributed by atoms with Crippen molar-refractivity contribution in [2.45, 2.75) is 6.04 Å². The Labute approximate surface area is 115 Å². The van der Waals surface area contributed by atoms with Crippen molar-refractivity contribution < 1.29 is 4.74 Å². The van der Waals surface area contributed by atoms with Crippen molar-refractivity contribution in [3.05, 3.63) is 52.5 Å². The van der Waals surface area contributed by atoms with Gasteiger partial charge in [0.1, 0.15) is 11.4 Å². The van der Waals surface area contributed by atoms with Crippen LogP contribution in [0, 0.1) is 0 Å². The van der Waals surface area contributed by atoms with Crippen molar-refractivity contribution in [1.29, 1.82) is 0 Å². The summed E-state index contributed by atoms with van der Waals surface area (Å²) in [6, 6.07) is 7.47. The minimum absolute atomic E-state index is 0.114. The van der Waals surface area contributed by atoms with E-state index in [0.717, 1.165) is 21.6 Å². The van der Waals surface area contributed by atoms with E-state index in [-0.39, 0.29) is 6.04 Å². The van der Waals surface area contributed by atoms with Crippen LogP contribution < -0.4 is 10.1 Å². The number of nitrogens with zero attached hydrogens (tertiary/aromatic N) is 2. The summed E-state index contributed by atoms with van der Waals surface area (Å²) >= 11 is 3.51. The minimum Gasteiger partial charge on any atom is -0.495 e. The van der Waals surface area contributed by atoms with Crippen LogP contribution in [0.1, 0.15) is 17.4 Å². The van der Waals surface area contributed by atoms with Gasteiger partial charge in [0.05, 0.1) is 18.8 Å². The van der Waals surface area contributed by atoms with Gasteiger partial charge in [-0.05, 0) is 47.2 Å². The van der Waals surface area contributed by atoms with Gasteiger partial charge in [-0.1, -0.05) is 0 Å². The molecule has 1 atom stereocenters. The molecule has 1 N–H and O–H groups in total. The Morgan fingerprint density at radius 3 is 2.44 bits per heavy atom. The quantitative estimate of drug-likeness (QED) is 0.943. The van der Waals surface area contributed by atoms with Crippen LogP contribution in [0.2, 0.25) is 0 Å². The molecule has 0 aliphatic heterocycles. The van der Waals surface area contributed by atoms with Crippen LogP contribution in [0.25, 0.3) is 0 Å². The zero-order valence-corrected chi connectivity index (χ0v) is 11.8. The highest BCUT2D eigenvalue weighted by Gasteiger charge is 2.20. The van der Waals surface area contributed by atoms with E-state index < -0.39 is 0 Å². The summed E-state index contributed by atoms with van der Waals surface area (Å²) in [6.45, 7) is 0. The first kappa shape index (κ1) is 13.0. The van der Waals surface area contributed by atoms with E-state index in [2.05, 4.69) is 31.2 Å². The second-order valence-corrected chi connectivity index (χ2v) is 4.54. The lowest BCUT2D eigenvalue weighted by atomic mass is 10.1. The molecular weight excluding hydrogens is 294 g/mol. The van der Waals surface area contributed by atoms with Gasteiger partial charge in [0.15, 0.2) is 0 Å². The fraction of sp³-hybridized carbons (Fsp3) is 0.231. The van der Waals surface area contributed by atoms with Gasteiger partial charge in [0.25, 0.3) is 0 Å². The standard InChI is InChI=1S/C13H14BrN3O/c1-15-13(11-9(14)5-3-7-16-11)12-10(18-2)6-4-8-17-12/h3-8,13,15H,1-2H3. The molecule has 2 heterocycles. The first-order valence-corrected chi connectivity index (χ1v) is 6.33. The zero-order chi connectivity index (χ0) is 13.0. The highest BCUT2D eigenvalue weighted by atomic mass is 79.9. The summed E-state index contributed by atoms with van der Waals surface area (Å²) in [6.07, 6.45) is 3.51. The fourth-order valence-corrected chi connectivity index (χ4v) is 2.29. The molecule has 0 aromatic carbocycles. The summed E-state index contributed by atoms with van der Waals surface area (Å²) in [5, 5.41) is 3.22. The monoisotopic (exact) mass is 307 g/mol. The normalized spacial score (nSPS) is 12.2. The van der Waals surface area contributed by atoms with E-state index >= 15 is 0 Å². The van der Waals surface area contributed by atoms with E-state index in [0.29, 0.717) is 0 Å². The summed E-state index contributed by atoms with van der Waals surface area (Å²) in [5.41, 5.74) is 1.71. The molecule has 0 spiro atoms. The van der Waals surface area contributed by atoms with Gasteiger partial charge in [-0.15, -0.1) is 0 Å². The van der Waals surface area contributed by atoms with Gasteiger partial charge in [-0.25, -0.2) is 0 Å². The molecule has 2 rings (SSSR count). The van der Waals surface area contributed by atoms with Gasteiger partial charge in [0, 0.05) is 16.9 Å². The van der Waals surface area contributed by atoms with E-state index in [1.807, 2.05) is 31.3 Å². The van der Waals surface area contributed by atoms with Crippen molar-refractivity contribution in [1.82, 2.24) is 15.3 Å². The second-order valence-electron chi connectivity index (χ2n) is 3.68. The van der Waals surface area contributed by atoms with Gasteiger partial charge in [0.2, 0.25) is 0 Å². The number of methoxy groups -OCH3 is 1. The molecule has 0 aliphatic carbocycles. The molecule has 0 aliphatic rings. The molecule has 0 fully saturated rings. The fourth-order valence-electron chi connectivity index (χ4n) is 1.81. The largest absolute Gasteiger partial charge is 0.495 e. The van der Waals surface area contributed by atoms with Gasteiger partial charge in [-0.3, -0.25) is 9.97 Å². The van der Waals surface area contributed by atoms with Crippen molar-refractivity contribution >= 4 is 15.9 Å². The van der Waals surface area contributed by atoms with Crippen LogP contribution in [0.5, 0.6) is 5.75 Å². The number of ether oxygens (including phenoxy) is 1. The Bertz CT molecular complexity index is 533. The third kappa shape index (κ3) is 2.52. The average molecular weight is 308 g/mol. The number of aromatic nitrogens is 2. The Kier molecular flexibility index (Phi) is 4.28. The van der Waals surface area contributed by atoms with E-state index in [1.165, 1.54) is 0 Å². The Morgan fingerprint density at radius 2 is 1.83 bits per heavy atom. The minimum atomic E-state index is -0.114. The van der Waals surface area contributed by atoms with Crippen LogP contribution >= 0.6 is 15.9 Å². The molecule has 2 aromatic heterocycles. The highest BCUT2D eigenvalue weighted by Crippen LogP contribution is 2.30. The molecule has 94 valence electrons.